The lowest BCUT2D eigenvalue weighted by Crippen LogP contribution is -2.25. The van der Waals surface area contributed by atoms with E-state index >= 15 is 0 Å². The maximum Gasteiger partial charge on any atom is 0.573 e. The van der Waals surface area contributed by atoms with Gasteiger partial charge < -0.3 is 14.2 Å². The van der Waals surface area contributed by atoms with Gasteiger partial charge >= 0.3 is 6.36 Å². The van der Waals surface area contributed by atoms with E-state index in [2.05, 4.69) is 14.9 Å². The molecule has 156 valence electrons. The molecular formula is C19H12ClF4N3O3. The molecule has 0 N–H and O–H groups in total. The highest BCUT2D eigenvalue weighted by molar-refractivity contribution is 6.30. The fourth-order valence-corrected chi connectivity index (χ4v) is 3.29. The first-order valence-electron chi connectivity index (χ1n) is 8.65. The molecule has 0 bridgehead atoms. The molecule has 1 atom stereocenters. The Kier molecular flexibility index (Phi) is 5.10. The van der Waals surface area contributed by atoms with Gasteiger partial charge in [0.15, 0.2) is 0 Å². The fourth-order valence-electron chi connectivity index (χ4n) is 3.13. The van der Waals surface area contributed by atoms with Crippen LogP contribution in [0.5, 0.6) is 5.75 Å². The summed E-state index contributed by atoms with van der Waals surface area (Å²) in [5.74, 6) is -1.45. The molecule has 6 nitrogen and oxygen atoms in total. The third-order valence-corrected chi connectivity index (χ3v) is 4.70. The summed E-state index contributed by atoms with van der Waals surface area (Å²) in [7, 11) is 0. The number of amides is 1. The van der Waals surface area contributed by atoms with Crippen molar-refractivity contribution < 1.29 is 31.6 Å². The molecule has 30 heavy (non-hydrogen) atoms. The molecule has 0 saturated carbocycles. The molecule has 1 saturated heterocycles. The molecule has 0 radical (unpaired) electrons. The molecule has 11 heteroatoms. The van der Waals surface area contributed by atoms with Crippen molar-refractivity contribution in [3.8, 4) is 17.1 Å². The topological polar surface area (TPSA) is 68.5 Å². The van der Waals surface area contributed by atoms with Crippen molar-refractivity contribution in [1.82, 2.24) is 10.1 Å². The Bertz CT molecular complexity index is 1090. The zero-order valence-corrected chi connectivity index (χ0v) is 15.7. The van der Waals surface area contributed by atoms with Crippen molar-refractivity contribution in [1.29, 1.82) is 0 Å². The predicted octanol–water partition coefficient (Wildman–Crippen LogP) is 4.95. The van der Waals surface area contributed by atoms with Gasteiger partial charge in [0.1, 0.15) is 11.6 Å². The van der Waals surface area contributed by atoms with Crippen LogP contribution in [0.2, 0.25) is 5.02 Å². The van der Waals surface area contributed by atoms with Crippen LogP contribution in [-0.4, -0.2) is 29.0 Å². The quantitative estimate of drug-likeness (QED) is 0.536. The number of nitrogens with zero attached hydrogens (tertiary/aromatic N) is 3. The minimum absolute atomic E-state index is 0.0437. The molecule has 1 aromatic heterocycles. The summed E-state index contributed by atoms with van der Waals surface area (Å²) in [5, 5.41) is 4.03. The Hall–Kier alpha value is -3.14. The number of aromatic nitrogens is 2. The molecule has 2 aromatic carbocycles. The van der Waals surface area contributed by atoms with Crippen LogP contribution in [0.1, 0.15) is 18.2 Å². The number of halogens is 5. The highest BCUT2D eigenvalue weighted by Crippen LogP contribution is 2.34. The second kappa shape index (κ2) is 7.60. The zero-order valence-electron chi connectivity index (χ0n) is 15.0. The van der Waals surface area contributed by atoms with Gasteiger partial charge in [0.2, 0.25) is 17.6 Å². The summed E-state index contributed by atoms with van der Waals surface area (Å²) in [6, 6.07) is 8.98. The minimum atomic E-state index is -4.79. The standard InChI is InChI=1S/C19H12ClF4N3O3/c20-12-3-6-15(14(21)8-12)27-9-11(7-16(27)28)18-25-17(26-30-18)10-1-4-13(5-2-10)29-19(22,23)24/h1-6,8,11H,7,9H2. The average Bonchev–Trinajstić information content (AvgIpc) is 3.28. The van der Waals surface area contributed by atoms with E-state index in [0.717, 1.165) is 18.2 Å². The monoisotopic (exact) mass is 441 g/mol. The van der Waals surface area contributed by atoms with Crippen molar-refractivity contribution in [3.05, 3.63) is 59.2 Å². The van der Waals surface area contributed by atoms with Crippen LogP contribution in [0.4, 0.5) is 23.2 Å². The van der Waals surface area contributed by atoms with Crippen LogP contribution >= 0.6 is 11.6 Å². The average molecular weight is 442 g/mol. The molecule has 0 aliphatic carbocycles. The minimum Gasteiger partial charge on any atom is -0.406 e. The van der Waals surface area contributed by atoms with Crippen molar-refractivity contribution in [2.45, 2.75) is 18.7 Å². The van der Waals surface area contributed by atoms with Crippen molar-refractivity contribution in [3.63, 3.8) is 0 Å². The van der Waals surface area contributed by atoms with E-state index in [1.165, 1.54) is 29.2 Å². The predicted molar refractivity (Wildman–Crippen MR) is 97.5 cm³/mol. The van der Waals surface area contributed by atoms with Gasteiger partial charge in [-0.15, -0.1) is 13.2 Å². The smallest absolute Gasteiger partial charge is 0.406 e. The maximum atomic E-state index is 14.2. The number of alkyl halides is 3. The Morgan fingerprint density at radius 3 is 2.57 bits per heavy atom. The number of hydrogen-bond acceptors (Lipinski definition) is 5. The number of anilines is 1. The second-order valence-electron chi connectivity index (χ2n) is 6.53. The molecule has 1 unspecified atom stereocenters. The normalized spacial score (nSPS) is 16.9. The molecule has 4 rings (SSSR count). The van der Waals surface area contributed by atoms with E-state index < -0.39 is 18.1 Å². The number of benzene rings is 2. The van der Waals surface area contributed by atoms with Crippen LogP contribution in [-0.2, 0) is 4.79 Å². The maximum absolute atomic E-state index is 14.2. The first-order valence-corrected chi connectivity index (χ1v) is 9.02. The van der Waals surface area contributed by atoms with E-state index in [4.69, 9.17) is 16.1 Å². The molecule has 3 aromatic rings. The number of carbonyl (C=O) groups excluding carboxylic acids is 1. The lowest BCUT2D eigenvalue weighted by molar-refractivity contribution is -0.274. The molecule has 1 amide bonds. The molecule has 0 spiro atoms. The van der Waals surface area contributed by atoms with Crippen LogP contribution in [0.15, 0.2) is 47.0 Å². The van der Waals surface area contributed by atoms with Gasteiger partial charge in [-0.25, -0.2) is 4.39 Å². The number of carbonyl (C=O) groups is 1. The van der Waals surface area contributed by atoms with Gasteiger partial charge in [-0.3, -0.25) is 4.79 Å². The summed E-state index contributed by atoms with van der Waals surface area (Å²) in [5.41, 5.74) is 0.511. The summed E-state index contributed by atoms with van der Waals surface area (Å²) in [6.45, 7) is 0.136. The fraction of sp³-hybridized carbons (Fsp3) is 0.211. The highest BCUT2D eigenvalue weighted by atomic mass is 35.5. The van der Waals surface area contributed by atoms with Crippen molar-refractivity contribution >= 4 is 23.2 Å². The first-order chi connectivity index (χ1) is 14.2. The Balaban J connectivity index is 1.50. The van der Waals surface area contributed by atoms with Crippen LogP contribution in [0.25, 0.3) is 11.4 Å². The Labute approximate surface area is 172 Å². The van der Waals surface area contributed by atoms with Crippen molar-refractivity contribution in [2.75, 3.05) is 11.4 Å². The summed E-state index contributed by atoms with van der Waals surface area (Å²) >= 11 is 5.75. The van der Waals surface area contributed by atoms with Crippen LogP contribution in [0.3, 0.4) is 0 Å². The lowest BCUT2D eigenvalue weighted by atomic mass is 10.1. The molecule has 2 heterocycles. The van der Waals surface area contributed by atoms with Gasteiger partial charge in [0.05, 0.1) is 11.6 Å². The van der Waals surface area contributed by atoms with Gasteiger partial charge in [-0.05, 0) is 42.5 Å². The second-order valence-corrected chi connectivity index (χ2v) is 6.97. The third-order valence-electron chi connectivity index (χ3n) is 4.46. The van der Waals surface area contributed by atoms with Crippen molar-refractivity contribution in [2.24, 2.45) is 0 Å². The summed E-state index contributed by atoms with van der Waals surface area (Å²) < 4.78 is 59.9. The molecule has 1 fully saturated rings. The largest absolute Gasteiger partial charge is 0.573 e. The Morgan fingerprint density at radius 1 is 1.17 bits per heavy atom. The van der Waals surface area contributed by atoms with Gasteiger partial charge in [0.25, 0.3) is 0 Å². The SMILES string of the molecule is O=C1CC(c2nc(-c3ccc(OC(F)(F)F)cc3)no2)CN1c1ccc(Cl)cc1F. The van der Waals surface area contributed by atoms with Gasteiger partial charge in [0, 0.05) is 23.6 Å². The molecule has 1 aliphatic heterocycles. The van der Waals surface area contributed by atoms with E-state index in [1.54, 1.807) is 0 Å². The van der Waals surface area contributed by atoms with E-state index in [1.807, 2.05) is 0 Å². The first kappa shape index (κ1) is 20.1. The lowest BCUT2D eigenvalue weighted by Gasteiger charge is -2.16. The summed E-state index contributed by atoms with van der Waals surface area (Å²) in [6.07, 6.45) is -4.74. The molecule has 1 aliphatic rings. The van der Waals surface area contributed by atoms with Gasteiger partial charge in [-0.1, -0.05) is 16.8 Å². The zero-order chi connectivity index (χ0) is 21.5. The third kappa shape index (κ3) is 4.23. The van der Waals surface area contributed by atoms with Gasteiger partial charge in [-0.2, -0.15) is 4.98 Å². The Morgan fingerprint density at radius 2 is 1.90 bits per heavy atom. The van der Waals surface area contributed by atoms with Crippen LogP contribution in [0, 0.1) is 5.82 Å². The number of rotatable bonds is 4. The van der Waals surface area contributed by atoms with E-state index in [-0.39, 0.29) is 47.0 Å². The number of ether oxygens (including phenoxy) is 1. The number of hydrogen-bond donors (Lipinski definition) is 0. The highest BCUT2D eigenvalue weighted by Gasteiger charge is 2.36. The van der Waals surface area contributed by atoms with E-state index in [9.17, 15) is 22.4 Å². The van der Waals surface area contributed by atoms with Crippen LogP contribution < -0.4 is 9.64 Å². The summed E-state index contributed by atoms with van der Waals surface area (Å²) in [4.78, 5) is 17.9. The van der Waals surface area contributed by atoms with E-state index in [0.29, 0.717) is 5.56 Å². The molecular weight excluding hydrogens is 430 g/mol.